The minimum absolute atomic E-state index is 0. The summed E-state index contributed by atoms with van der Waals surface area (Å²) < 4.78 is 8.34. The molecule has 0 aromatic rings. The van der Waals surface area contributed by atoms with Gasteiger partial charge in [0.2, 0.25) is 0 Å². The van der Waals surface area contributed by atoms with Crippen LogP contribution in [-0.4, -0.2) is 55.8 Å². The molecule has 0 aliphatic heterocycles. The second-order valence-electron chi connectivity index (χ2n) is 0. The van der Waals surface area contributed by atoms with Crippen molar-refractivity contribution in [2.75, 3.05) is 0 Å². The molecule has 0 saturated heterocycles. The number of hydrogen-bond acceptors (Lipinski definition) is 1. The molecule has 0 aliphatic carbocycles. The molecule has 26 valence electrons. The van der Waals surface area contributed by atoms with Crippen LogP contribution in [0.15, 0.2) is 0 Å². The molecule has 0 atom stereocenters. The van der Waals surface area contributed by atoms with E-state index in [4.69, 9.17) is 3.02 Å². The van der Waals surface area contributed by atoms with E-state index in [0.717, 1.165) is 0 Å². The van der Waals surface area contributed by atoms with E-state index in [0.29, 0.717) is 23.0 Å². The molecule has 2 radical (unpaired) electrons. The SMILES string of the molecule is O.[O]=[SbH].[PbH2]. The fourth-order valence-corrected chi connectivity index (χ4v) is 0. The van der Waals surface area contributed by atoms with Gasteiger partial charge in [0, 0.05) is 0 Å². The van der Waals surface area contributed by atoms with E-state index in [9.17, 15) is 0 Å². The topological polar surface area (TPSA) is 48.6 Å². The summed E-state index contributed by atoms with van der Waals surface area (Å²) in [5.41, 5.74) is 0. The van der Waals surface area contributed by atoms with Crippen LogP contribution in [0.1, 0.15) is 0 Å². The van der Waals surface area contributed by atoms with Crippen molar-refractivity contribution in [2.24, 2.45) is 0 Å². The van der Waals surface area contributed by atoms with Crippen molar-refractivity contribution in [1.29, 1.82) is 0 Å². The van der Waals surface area contributed by atoms with Crippen LogP contribution in [0.4, 0.5) is 0 Å². The van der Waals surface area contributed by atoms with Gasteiger partial charge in [-0.15, -0.1) is 0 Å². The molecule has 0 aromatic heterocycles. The van der Waals surface area contributed by atoms with E-state index in [1.165, 1.54) is 0 Å². The van der Waals surface area contributed by atoms with E-state index in [1.54, 1.807) is 0 Å². The third-order valence-electron chi connectivity index (χ3n) is 0. The van der Waals surface area contributed by atoms with Crippen LogP contribution < -0.4 is 0 Å². The Labute approximate surface area is 58.3 Å². The van der Waals surface area contributed by atoms with Crippen LogP contribution in [0.5, 0.6) is 0 Å². The Kier molecular flexibility index (Phi) is 109. The van der Waals surface area contributed by atoms with Gasteiger partial charge < -0.3 is 5.48 Å². The van der Waals surface area contributed by atoms with Crippen LogP contribution in [0.3, 0.4) is 0 Å². The van der Waals surface area contributed by atoms with Crippen LogP contribution in [0.2, 0.25) is 0 Å². The van der Waals surface area contributed by atoms with E-state index >= 15 is 0 Å². The van der Waals surface area contributed by atoms with Gasteiger partial charge in [-0.05, 0) is 0 Å². The molecule has 0 rings (SSSR count). The molecule has 0 aromatic carbocycles. The fraction of sp³-hybridized carbons (Fsp3) is 0. The fourth-order valence-electron chi connectivity index (χ4n) is 0. The van der Waals surface area contributed by atoms with Gasteiger partial charge in [0.05, 0.1) is 0 Å². The molecular formula is H5O2PbSb. The first-order valence-corrected chi connectivity index (χ1v) is 1.37. The van der Waals surface area contributed by atoms with Gasteiger partial charge in [-0.3, -0.25) is 0 Å². The van der Waals surface area contributed by atoms with Crippen LogP contribution in [-0.2, 0) is 3.02 Å². The first kappa shape index (κ1) is 17.8. The summed E-state index contributed by atoms with van der Waals surface area (Å²) in [7, 11) is 0. The predicted octanol–water partition coefficient (Wildman–Crippen LogP) is -2.51. The molecule has 0 spiro atoms. The van der Waals surface area contributed by atoms with Gasteiger partial charge in [-0.2, -0.15) is 0 Å². The first-order chi connectivity index (χ1) is 1.00. The van der Waals surface area contributed by atoms with Crippen molar-refractivity contribution in [1.82, 2.24) is 0 Å². The van der Waals surface area contributed by atoms with Crippen molar-refractivity contribution in [3.8, 4) is 0 Å². The Hall–Kier alpha value is 1.50. The maximum atomic E-state index is 8.34. The Morgan fingerprint density at radius 2 is 1.25 bits per heavy atom. The van der Waals surface area contributed by atoms with Gasteiger partial charge in [0.25, 0.3) is 0 Å². The van der Waals surface area contributed by atoms with Crippen molar-refractivity contribution < 1.29 is 8.49 Å². The molecule has 0 unspecified atom stereocenters. The zero-order valence-electron chi connectivity index (χ0n) is 2.12. The van der Waals surface area contributed by atoms with E-state index in [-0.39, 0.29) is 32.8 Å². The normalized spacial score (nSPS) is 1.00. The quantitative estimate of drug-likeness (QED) is 0.437. The van der Waals surface area contributed by atoms with E-state index in [2.05, 4.69) is 0 Å². The van der Waals surface area contributed by atoms with Gasteiger partial charge in [0.15, 0.2) is 0 Å². The van der Waals surface area contributed by atoms with Gasteiger partial charge >= 0.3 is 53.3 Å². The molecule has 2 nitrogen and oxygen atoms in total. The van der Waals surface area contributed by atoms with Crippen molar-refractivity contribution in [3.63, 3.8) is 0 Å². The average molecular weight is 366 g/mol. The third-order valence-corrected chi connectivity index (χ3v) is 0. The zero-order chi connectivity index (χ0) is 2.00. The van der Waals surface area contributed by atoms with Crippen molar-refractivity contribution in [2.45, 2.75) is 0 Å². The van der Waals surface area contributed by atoms with Gasteiger partial charge in [-0.1, -0.05) is 0 Å². The summed E-state index contributed by atoms with van der Waals surface area (Å²) in [5, 5.41) is 0. The van der Waals surface area contributed by atoms with E-state index in [1.807, 2.05) is 0 Å². The van der Waals surface area contributed by atoms with Crippen molar-refractivity contribution >= 4 is 50.3 Å². The Morgan fingerprint density at radius 1 is 1.25 bits per heavy atom. The molecule has 0 aliphatic rings. The monoisotopic (exact) mass is 366 g/mol. The van der Waals surface area contributed by atoms with E-state index < -0.39 is 0 Å². The number of rotatable bonds is 0. The molecule has 4 heavy (non-hydrogen) atoms. The summed E-state index contributed by atoms with van der Waals surface area (Å²) in [4.78, 5) is 0. The number of hydrogen-bond donors (Lipinski definition) is 0. The third kappa shape index (κ3) is 9.72. The Bertz CT molecular complexity index is 6.00. The summed E-state index contributed by atoms with van der Waals surface area (Å²) in [6.07, 6.45) is 0. The second-order valence-corrected chi connectivity index (χ2v) is 0. The van der Waals surface area contributed by atoms with Gasteiger partial charge in [0.1, 0.15) is 0 Å². The van der Waals surface area contributed by atoms with Crippen LogP contribution in [0, 0.1) is 0 Å². The zero-order valence-corrected chi connectivity index (χ0v) is 10.5. The summed E-state index contributed by atoms with van der Waals surface area (Å²) in [6, 6.07) is 0. The van der Waals surface area contributed by atoms with Crippen LogP contribution in [0.25, 0.3) is 0 Å². The molecule has 4 heteroatoms. The summed E-state index contributed by atoms with van der Waals surface area (Å²) >= 11 is 0.300. The molecule has 0 heterocycles. The minimum atomic E-state index is 0. The maximum absolute atomic E-state index is 8.34. The Morgan fingerprint density at radius 3 is 1.25 bits per heavy atom. The summed E-state index contributed by atoms with van der Waals surface area (Å²) in [6.45, 7) is 0. The molecule has 0 saturated carbocycles. The van der Waals surface area contributed by atoms with Gasteiger partial charge in [-0.25, -0.2) is 0 Å². The molecule has 0 bridgehead atoms. The van der Waals surface area contributed by atoms with Crippen molar-refractivity contribution in [3.05, 3.63) is 0 Å². The molecule has 2 N–H and O–H groups in total. The first-order valence-electron chi connectivity index (χ1n) is 0.204. The predicted molar refractivity (Wildman–Crippen MR) is 20.0 cm³/mol. The Balaban J connectivity index is -0.00000000500. The van der Waals surface area contributed by atoms with Crippen LogP contribution >= 0.6 is 0 Å². The summed E-state index contributed by atoms with van der Waals surface area (Å²) in [5.74, 6) is 0. The molecular weight excluding hydrogens is 361 g/mol. The standard InChI is InChI=1S/H2O.O.Pb.Sb.3H/h1H2;;;;;;. The second kappa shape index (κ2) is 24.5. The molecule has 0 amide bonds. The molecule has 0 fully saturated rings. The average Bonchev–Trinajstić information content (AvgIpc) is 1.00.